The van der Waals surface area contributed by atoms with Crippen LogP contribution in [0, 0.1) is 0 Å². The van der Waals surface area contributed by atoms with Gasteiger partial charge in [-0.25, -0.2) is 9.98 Å². The van der Waals surface area contributed by atoms with E-state index in [1.54, 1.807) is 4.68 Å². The molecule has 1 saturated heterocycles. The van der Waals surface area contributed by atoms with Crippen LogP contribution in [0.5, 0.6) is 0 Å². The summed E-state index contributed by atoms with van der Waals surface area (Å²) < 4.78 is 7.44. The summed E-state index contributed by atoms with van der Waals surface area (Å²) in [6.07, 6.45) is 1.65. The van der Waals surface area contributed by atoms with Gasteiger partial charge in [0.05, 0.1) is 25.3 Å². The van der Waals surface area contributed by atoms with Gasteiger partial charge in [0.15, 0.2) is 5.96 Å². The third-order valence-corrected chi connectivity index (χ3v) is 4.89. The Hall–Kier alpha value is -2.21. The van der Waals surface area contributed by atoms with Crippen LogP contribution >= 0.6 is 24.0 Å². The number of morpholine rings is 1. The van der Waals surface area contributed by atoms with Crippen molar-refractivity contribution in [2.24, 2.45) is 12.0 Å². The molecule has 0 radical (unpaired) electrons. The van der Waals surface area contributed by atoms with Crippen LogP contribution in [0.25, 0.3) is 0 Å². The number of hydrogen-bond donors (Lipinski definition) is 2. The highest BCUT2D eigenvalue weighted by atomic mass is 127. The lowest BCUT2D eigenvalue weighted by Gasteiger charge is -2.35. The van der Waals surface area contributed by atoms with Crippen molar-refractivity contribution in [2.45, 2.75) is 46.1 Å². The molecule has 31 heavy (non-hydrogen) atoms. The van der Waals surface area contributed by atoms with Gasteiger partial charge in [-0.1, -0.05) is 12.1 Å². The highest BCUT2D eigenvalue weighted by molar-refractivity contribution is 14.0. The minimum Gasteiger partial charge on any atom is -0.372 e. The van der Waals surface area contributed by atoms with Crippen molar-refractivity contribution in [1.82, 2.24) is 30.3 Å². The maximum Gasteiger partial charge on any atom is 0.254 e. The van der Waals surface area contributed by atoms with Crippen LogP contribution in [-0.2, 0) is 24.9 Å². The van der Waals surface area contributed by atoms with Gasteiger partial charge in [-0.15, -0.1) is 24.0 Å². The number of halogens is 1. The number of guanidine groups is 1. The highest BCUT2D eigenvalue weighted by Gasteiger charge is 2.26. The predicted molar refractivity (Wildman–Crippen MR) is 130 cm³/mol. The van der Waals surface area contributed by atoms with Crippen LogP contribution < -0.4 is 10.6 Å². The fourth-order valence-corrected chi connectivity index (χ4v) is 3.43. The molecule has 3 rings (SSSR count). The van der Waals surface area contributed by atoms with Gasteiger partial charge in [0.2, 0.25) is 0 Å². The van der Waals surface area contributed by atoms with Crippen molar-refractivity contribution >= 4 is 35.8 Å². The zero-order valence-electron chi connectivity index (χ0n) is 18.5. The Morgan fingerprint density at radius 1 is 1.19 bits per heavy atom. The molecule has 0 spiro atoms. The Bertz CT molecular complexity index is 859. The number of amides is 1. The third kappa shape index (κ3) is 7.17. The summed E-state index contributed by atoms with van der Waals surface area (Å²) in [5.41, 5.74) is 1.72. The van der Waals surface area contributed by atoms with Gasteiger partial charge in [-0.05, 0) is 38.5 Å². The van der Waals surface area contributed by atoms with Crippen LogP contribution in [0.2, 0.25) is 0 Å². The van der Waals surface area contributed by atoms with Crippen LogP contribution in [0.15, 0.2) is 35.6 Å². The Labute approximate surface area is 200 Å². The molecular weight excluding hydrogens is 509 g/mol. The van der Waals surface area contributed by atoms with Gasteiger partial charge in [-0.2, -0.15) is 5.10 Å². The number of nitrogens with zero attached hydrogens (tertiary/aromatic N) is 5. The minimum absolute atomic E-state index is 0. The van der Waals surface area contributed by atoms with E-state index in [2.05, 4.69) is 25.7 Å². The number of rotatable bonds is 6. The second-order valence-electron chi connectivity index (χ2n) is 7.51. The lowest BCUT2D eigenvalue weighted by molar-refractivity contribution is -0.0586. The standard InChI is InChI=1S/C21H31N7O2.HI/c1-5-22-21(24-11-19-25-14-26-27(19)4)23-10-17-6-8-18(9-7-17)20(29)28-12-15(2)30-16(3)13-28;/h6-9,14-16H,5,10-13H2,1-4H3,(H2,22,23,24);1H. The summed E-state index contributed by atoms with van der Waals surface area (Å²) in [6.45, 7) is 9.06. The molecule has 2 unspecified atom stereocenters. The molecule has 170 valence electrons. The smallest absolute Gasteiger partial charge is 0.254 e. The first-order chi connectivity index (χ1) is 14.5. The number of aliphatic imine (C=N–C) groups is 1. The van der Waals surface area contributed by atoms with E-state index in [0.29, 0.717) is 37.7 Å². The summed E-state index contributed by atoms with van der Waals surface area (Å²) in [4.78, 5) is 23.5. The fraction of sp³-hybridized carbons (Fsp3) is 0.524. The lowest BCUT2D eigenvalue weighted by atomic mass is 10.1. The molecule has 0 saturated carbocycles. The Kier molecular flexibility index (Phi) is 9.69. The third-order valence-electron chi connectivity index (χ3n) is 4.89. The predicted octanol–water partition coefficient (Wildman–Crippen LogP) is 1.94. The van der Waals surface area contributed by atoms with Gasteiger partial charge >= 0.3 is 0 Å². The highest BCUT2D eigenvalue weighted by Crippen LogP contribution is 2.15. The van der Waals surface area contributed by atoms with E-state index in [1.165, 1.54) is 6.33 Å². The molecule has 1 aromatic carbocycles. The van der Waals surface area contributed by atoms with E-state index < -0.39 is 0 Å². The first kappa shape index (κ1) is 25.1. The molecule has 9 nitrogen and oxygen atoms in total. The minimum atomic E-state index is 0. The van der Waals surface area contributed by atoms with E-state index in [1.807, 2.05) is 57.0 Å². The molecule has 2 atom stereocenters. The molecular formula is C21H32IN7O2. The number of ether oxygens (including phenoxy) is 1. The molecule has 10 heteroatoms. The Balaban J connectivity index is 0.00000341. The summed E-state index contributed by atoms with van der Waals surface area (Å²) in [5, 5.41) is 10.5. The van der Waals surface area contributed by atoms with E-state index >= 15 is 0 Å². The Morgan fingerprint density at radius 3 is 2.45 bits per heavy atom. The van der Waals surface area contributed by atoms with Crippen LogP contribution in [0.3, 0.4) is 0 Å². The van der Waals surface area contributed by atoms with Crippen LogP contribution in [0.1, 0.15) is 42.5 Å². The van der Waals surface area contributed by atoms with E-state index in [0.717, 1.165) is 17.9 Å². The van der Waals surface area contributed by atoms with Crippen molar-refractivity contribution in [1.29, 1.82) is 0 Å². The van der Waals surface area contributed by atoms with Gasteiger partial charge in [0.25, 0.3) is 5.91 Å². The monoisotopic (exact) mass is 541 g/mol. The average molecular weight is 541 g/mol. The molecule has 1 fully saturated rings. The molecule has 1 aromatic heterocycles. The zero-order chi connectivity index (χ0) is 21.5. The van der Waals surface area contributed by atoms with E-state index in [-0.39, 0.29) is 42.1 Å². The number of aromatic nitrogens is 3. The van der Waals surface area contributed by atoms with Crippen molar-refractivity contribution < 1.29 is 9.53 Å². The fourth-order valence-electron chi connectivity index (χ4n) is 3.43. The summed E-state index contributed by atoms with van der Waals surface area (Å²) in [5.74, 6) is 1.58. The normalized spacial score (nSPS) is 19.0. The second-order valence-corrected chi connectivity index (χ2v) is 7.51. The first-order valence-corrected chi connectivity index (χ1v) is 10.3. The zero-order valence-corrected chi connectivity index (χ0v) is 20.9. The van der Waals surface area contributed by atoms with E-state index in [4.69, 9.17) is 4.74 Å². The molecule has 1 aliphatic heterocycles. The maximum absolute atomic E-state index is 12.8. The summed E-state index contributed by atoms with van der Waals surface area (Å²) >= 11 is 0. The number of carbonyl (C=O) groups excluding carboxylic acids is 1. The van der Waals surface area contributed by atoms with Crippen molar-refractivity contribution in [3.8, 4) is 0 Å². The first-order valence-electron chi connectivity index (χ1n) is 10.3. The van der Waals surface area contributed by atoms with Crippen LogP contribution in [0.4, 0.5) is 0 Å². The average Bonchev–Trinajstić information content (AvgIpc) is 3.14. The molecule has 0 aliphatic carbocycles. The van der Waals surface area contributed by atoms with Crippen molar-refractivity contribution in [3.05, 3.63) is 47.5 Å². The second kappa shape index (κ2) is 12.0. The number of nitrogens with one attached hydrogen (secondary N) is 2. The number of carbonyl (C=O) groups is 1. The SMILES string of the molecule is CCNC(=NCc1ccc(C(=O)N2CC(C)OC(C)C2)cc1)NCc1ncnn1C.I. The number of hydrogen-bond acceptors (Lipinski definition) is 5. The van der Waals surface area contributed by atoms with Crippen LogP contribution in [-0.4, -0.2) is 63.4 Å². The topological polar surface area (TPSA) is 96.7 Å². The Morgan fingerprint density at radius 2 is 1.87 bits per heavy atom. The summed E-state index contributed by atoms with van der Waals surface area (Å²) in [6, 6.07) is 7.66. The molecule has 2 aromatic rings. The van der Waals surface area contributed by atoms with Crippen molar-refractivity contribution in [2.75, 3.05) is 19.6 Å². The number of aryl methyl sites for hydroxylation is 1. The lowest BCUT2D eigenvalue weighted by Crippen LogP contribution is -2.48. The largest absolute Gasteiger partial charge is 0.372 e. The van der Waals surface area contributed by atoms with Gasteiger partial charge in [-0.3, -0.25) is 9.48 Å². The quantitative estimate of drug-likeness (QED) is 0.330. The summed E-state index contributed by atoms with van der Waals surface area (Å²) in [7, 11) is 1.86. The molecule has 2 N–H and O–H groups in total. The molecule has 1 amide bonds. The maximum atomic E-state index is 12.8. The molecule has 1 aliphatic rings. The van der Waals surface area contributed by atoms with Gasteiger partial charge < -0.3 is 20.3 Å². The molecule has 2 heterocycles. The van der Waals surface area contributed by atoms with E-state index in [9.17, 15) is 4.79 Å². The number of benzene rings is 1. The molecule has 0 bridgehead atoms. The van der Waals surface area contributed by atoms with Gasteiger partial charge in [0, 0.05) is 32.2 Å². The van der Waals surface area contributed by atoms with Gasteiger partial charge in [0.1, 0.15) is 12.2 Å². The van der Waals surface area contributed by atoms with Crippen molar-refractivity contribution in [3.63, 3.8) is 0 Å².